The van der Waals surface area contributed by atoms with Crippen molar-refractivity contribution in [2.75, 3.05) is 18.8 Å². The number of hydrogen-bond donors (Lipinski definition) is 1. The normalized spacial score (nSPS) is 25.1. The standard InChI is InChI=1S/C12H17N3S/c1-2-10(6-13-4-1)12-14-7-9-3-5-16-8-11(9)15-12/h7,10,13H,1-6,8H2. The average molecular weight is 235 g/mol. The number of fused-ring (bicyclic) bond motifs is 1. The van der Waals surface area contributed by atoms with Gasteiger partial charge in [-0.15, -0.1) is 0 Å². The predicted molar refractivity (Wildman–Crippen MR) is 66.7 cm³/mol. The molecule has 3 heterocycles. The van der Waals surface area contributed by atoms with E-state index in [1.807, 2.05) is 11.8 Å². The largest absolute Gasteiger partial charge is 0.316 e. The van der Waals surface area contributed by atoms with Crippen molar-refractivity contribution in [3.8, 4) is 0 Å². The second-order valence-corrected chi connectivity index (χ2v) is 5.65. The summed E-state index contributed by atoms with van der Waals surface area (Å²) in [6.07, 6.45) is 5.69. The van der Waals surface area contributed by atoms with Crippen LogP contribution in [-0.2, 0) is 12.2 Å². The fraction of sp³-hybridized carbons (Fsp3) is 0.667. The molecule has 0 radical (unpaired) electrons. The Morgan fingerprint density at radius 2 is 2.44 bits per heavy atom. The zero-order valence-electron chi connectivity index (χ0n) is 9.41. The maximum atomic E-state index is 4.77. The van der Waals surface area contributed by atoms with Gasteiger partial charge in [-0.25, -0.2) is 9.97 Å². The van der Waals surface area contributed by atoms with E-state index in [0.717, 1.165) is 31.1 Å². The Morgan fingerprint density at radius 3 is 3.31 bits per heavy atom. The zero-order chi connectivity index (χ0) is 10.8. The van der Waals surface area contributed by atoms with E-state index < -0.39 is 0 Å². The molecule has 2 aliphatic rings. The van der Waals surface area contributed by atoms with Gasteiger partial charge >= 0.3 is 0 Å². The predicted octanol–water partition coefficient (Wildman–Crippen LogP) is 1.73. The highest BCUT2D eigenvalue weighted by Crippen LogP contribution is 2.25. The fourth-order valence-electron chi connectivity index (χ4n) is 2.41. The van der Waals surface area contributed by atoms with Crippen molar-refractivity contribution in [3.05, 3.63) is 23.3 Å². The maximum absolute atomic E-state index is 4.77. The summed E-state index contributed by atoms with van der Waals surface area (Å²) in [5, 5.41) is 3.43. The molecular formula is C12H17N3S. The van der Waals surface area contributed by atoms with Gasteiger partial charge in [-0.1, -0.05) is 0 Å². The van der Waals surface area contributed by atoms with Crippen LogP contribution < -0.4 is 5.32 Å². The molecule has 0 aromatic carbocycles. The monoisotopic (exact) mass is 235 g/mol. The van der Waals surface area contributed by atoms with Crippen molar-refractivity contribution < 1.29 is 0 Å². The number of thioether (sulfide) groups is 1. The van der Waals surface area contributed by atoms with Gasteiger partial charge in [0, 0.05) is 24.4 Å². The number of hydrogen-bond acceptors (Lipinski definition) is 4. The van der Waals surface area contributed by atoms with Crippen LogP contribution in [0.4, 0.5) is 0 Å². The Morgan fingerprint density at radius 1 is 1.44 bits per heavy atom. The number of rotatable bonds is 1. The third-order valence-corrected chi connectivity index (χ3v) is 4.36. The van der Waals surface area contributed by atoms with Gasteiger partial charge in [-0.05, 0) is 37.1 Å². The number of nitrogens with one attached hydrogen (secondary N) is 1. The molecule has 0 saturated carbocycles. The number of piperidine rings is 1. The molecule has 0 aliphatic carbocycles. The Bertz CT molecular complexity index is 375. The molecule has 1 fully saturated rings. The van der Waals surface area contributed by atoms with Crippen LogP contribution in [0.2, 0.25) is 0 Å². The van der Waals surface area contributed by atoms with Crippen LogP contribution in [0.15, 0.2) is 6.20 Å². The Kier molecular flexibility index (Phi) is 3.11. The average Bonchev–Trinajstić information content (AvgIpc) is 2.39. The van der Waals surface area contributed by atoms with Gasteiger partial charge in [0.2, 0.25) is 0 Å². The van der Waals surface area contributed by atoms with Crippen molar-refractivity contribution in [1.29, 1.82) is 0 Å². The van der Waals surface area contributed by atoms with E-state index >= 15 is 0 Å². The summed E-state index contributed by atoms with van der Waals surface area (Å²) in [6.45, 7) is 2.20. The van der Waals surface area contributed by atoms with Gasteiger partial charge in [0.25, 0.3) is 0 Å². The van der Waals surface area contributed by atoms with Gasteiger partial charge < -0.3 is 5.32 Å². The summed E-state index contributed by atoms with van der Waals surface area (Å²) < 4.78 is 0. The third kappa shape index (κ3) is 2.09. The van der Waals surface area contributed by atoms with Crippen LogP contribution in [0.5, 0.6) is 0 Å². The van der Waals surface area contributed by atoms with Crippen molar-refractivity contribution in [3.63, 3.8) is 0 Å². The third-order valence-electron chi connectivity index (χ3n) is 3.39. The lowest BCUT2D eigenvalue weighted by Gasteiger charge is -2.23. The summed E-state index contributed by atoms with van der Waals surface area (Å²) in [6, 6.07) is 0. The van der Waals surface area contributed by atoms with Crippen molar-refractivity contribution >= 4 is 11.8 Å². The number of nitrogens with zero attached hydrogens (tertiary/aromatic N) is 2. The molecule has 16 heavy (non-hydrogen) atoms. The molecule has 1 aromatic heterocycles. The van der Waals surface area contributed by atoms with E-state index in [2.05, 4.69) is 16.5 Å². The first-order valence-corrected chi connectivity index (χ1v) is 7.22. The smallest absolute Gasteiger partial charge is 0.132 e. The van der Waals surface area contributed by atoms with Gasteiger partial charge in [0.1, 0.15) is 5.82 Å². The number of aromatic nitrogens is 2. The lowest BCUT2D eigenvalue weighted by molar-refractivity contribution is 0.445. The summed E-state index contributed by atoms with van der Waals surface area (Å²) >= 11 is 1.99. The van der Waals surface area contributed by atoms with Gasteiger partial charge in [0.05, 0.1) is 5.69 Å². The van der Waals surface area contributed by atoms with Crippen LogP contribution in [0.1, 0.15) is 35.8 Å². The lowest BCUT2D eigenvalue weighted by atomic mass is 9.98. The van der Waals surface area contributed by atoms with Gasteiger partial charge in [-0.3, -0.25) is 0 Å². The molecule has 3 nitrogen and oxygen atoms in total. The Labute approximate surface area is 100 Å². The highest BCUT2D eigenvalue weighted by Gasteiger charge is 2.20. The molecule has 1 unspecified atom stereocenters. The van der Waals surface area contributed by atoms with Crippen LogP contribution in [0.25, 0.3) is 0 Å². The SMILES string of the molecule is c1nc(C2CCCNC2)nc2c1CCSC2. The zero-order valence-corrected chi connectivity index (χ0v) is 10.2. The maximum Gasteiger partial charge on any atom is 0.132 e. The fourth-order valence-corrected chi connectivity index (χ4v) is 3.36. The first-order valence-electron chi connectivity index (χ1n) is 6.06. The molecule has 1 saturated heterocycles. The highest BCUT2D eigenvalue weighted by molar-refractivity contribution is 7.98. The second kappa shape index (κ2) is 4.72. The number of aryl methyl sites for hydroxylation is 1. The van der Waals surface area contributed by atoms with Gasteiger partial charge in [-0.2, -0.15) is 11.8 Å². The van der Waals surface area contributed by atoms with Gasteiger partial charge in [0.15, 0.2) is 0 Å². The van der Waals surface area contributed by atoms with E-state index in [1.165, 1.54) is 29.9 Å². The van der Waals surface area contributed by atoms with Crippen LogP contribution in [-0.4, -0.2) is 28.8 Å². The van der Waals surface area contributed by atoms with E-state index in [1.54, 1.807) is 0 Å². The molecule has 1 atom stereocenters. The molecule has 3 rings (SSSR count). The lowest BCUT2D eigenvalue weighted by Crippen LogP contribution is -2.29. The Hall–Kier alpha value is -0.610. The Balaban J connectivity index is 1.84. The van der Waals surface area contributed by atoms with Crippen molar-refractivity contribution in [1.82, 2.24) is 15.3 Å². The molecule has 2 aliphatic heterocycles. The molecule has 0 amide bonds. The summed E-state index contributed by atoms with van der Waals surface area (Å²) in [5.74, 6) is 3.89. The van der Waals surface area contributed by atoms with Crippen LogP contribution >= 0.6 is 11.8 Å². The highest BCUT2D eigenvalue weighted by atomic mass is 32.2. The molecule has 0 spiro atoms. The minimum Gasteiger partial charge on any atom is -0.316 e. The quantitative estimate of drug-likeness (QED) is 0.804. The van der Waals surface area contributed by atoms with E-state index in [9.17, 15) is 0 Å². The van der Waals surface area contributed by atoms with Crippen LogP contribution in [0, 0.1) is 0 Å². The molecular weight excluding hydrogens is 218 g/mol. The summed E-state index contributed by atoms with van der Waals surface area (Å²) in [5.41, 5.74) is 2.65. The molecule has 1 aromatic rings. The van der Waals surface area contributed by atoms with Crippen molar-refractivity contribution in [2.24, 2.45) is 0 Å². The van der Waals surface area contributed by atoms with E-state index in [0.29, 0.717) is 5.92 Å². The van der Waals surface area contributed by atoms with Crippen LogP contribution in [0.3, 0.4) is 0 Å². The molecule has 0 bridgehead atoms. The molecule has 4 heteroatoms. The molecule has 1 N–H and O–H groups in total. The first kappa shape index (κ1) is 10.5. The van der Waals surface area contributed by atoms with Crippen molar-refractivity contribution in [2.45, 2.75) is 30.9 Å². The second-order valence-electron chi connectivity index (χ2n) is 4.55. The first-order chi connectivity index (χ1) is 7.93. The topological polar surface area (TPSA) is 37.8 Å². The minimum atomic E-state index is 0.533. The van der Waals surface area contributed by atoms with E-state index in [4.69, 9.17) is 4.98 Å². The molecule has 86 valence electrons. The van der Waals surface area contributed by atoms with E-state index in [-0.39, 0.29) is 0 Å². The minimum absolute atomic E-state index is 0.533. The summed E-state index contributed by atoms with van der Waals surface area (Å²) in [4.78, 5) is 9.32. The summed E-state index contributed by atoms with van der Waals surface area (Å²) in [7, 11) is 0.